The van der Waals surface area contributed by atoms with Gasteiger partial charge in [-0.05, 0) is 68.4 Å². The quantitative estimate of drug-likeness (QED) is 0.697. The molecule has 0 heterocycles. The van der Waals surface area contributed by atoms with Crippen LogP contribution < -0.4 is 0 Å². The lowest BCUT2D eigenvalue weighted by Crippen LogP contribution is -2.53. The van der Waals surface area contributed by atoms with Crippen molar-refractivity contribution in [2.75, 3.05) is 0 Å². The number of rotatable bonds is 5. The molecule has 6 atom stereocenters. The molecular weight excluding hydrogens is 380 g/mol. The van der Waals surface area contributed by atoms with E-state index in [0.717, 1.165) is 32.1 Å². The Morgan fingerprint density at radius 1 is 1.07 bits per heavy atom. The highest BCUT2D eigenvalue weighted by Gasteiger charge is 2.60. The summed E-state index contributed by atoms with van der Waals surface area (Å²) in [7, 11) is 0. The Morgan fingerprint density at radius 2 is 1.80 bits per heavy atom. The number of carboxylic acids is 1. The minimum Gasteiger partial charge on any atom is -0.481 e. The molecule has 0 aromatic heterocycles. The van der Waals surface area contributed by atoms with E-state index in [1.807, 2.05) is 25.1 Å². The Balaban J connectivity index is 1.52. The number of esters is 1. The van der Waals surface area contributed by atoms with Crippen molar-refractivity contribution in [1.82, 2.24) is 0 Å². The van der Waals surface area contributed by atoms with E-state index in [9.17, 15) is 19.5 Å². The second-order valence-corrected chi connectivity index (χ2v) is 10.0. The lowest BCUT2D eigenvalue weighted by Gasteiger charge is -2.55. The van der Waals surface area contributed by atoms with E-state index in [0.29, 0.717) is 30.2 Å². The molecular formula is C25H32O5. The van der Waals surface area contributed by atoms with Crippen LogP contribution in [0.2, 0.25) is 0 Å². The third kappa shape index (κ3) is 3.46. The molecule has 3 aliphatic rings. The molecule has 0 radical (unpaired) electrons. The number of ether oxygens (including phenoxy) is 1. The van der Waals surface area contributed by atoms with Gasteiger partial charge in [0.15, 0.2) is 0 Å². The van der Waals surface area contributed by atoms with Crippen molar-refractivity contribution in [3.05, 3.63) is 35.9 Å². The smallest absolute Gasteiger partial charge is 0.338 e. The molecule has 162 valence electrons. The van der Waals surface area contributed by atoms with Crippen molar-refractivity contribution in [1.29, 1.82) is 0 Å². The highest BCUT2D eigenvalue weighted by Crippen LogP contribution is 2.63. The second kappa shape index (κ2) is 7.82. The van der Waals surface area contributed by atoms with E-state index < -0.39 is 11.4 Å². The van der Waals surface area contributed by atoms with Crippen LogP contribution in [0, 0.1) is 28.6 Å². The van der Waals surface area contributed by atoms with E-state index in [4.69, 9.17) is 4.74 Å². The van der Waals surface area contributed by atoms with Crippen LogP contribution in [0.4, 0.5) is 0 Å². The molecule has 1 N–H and O–H groups in total. The largest absolute Gasteiger partial charge is 0.481 e. The summed E-state index contributed by atoms with van der Waals surface area (Å²) in [6, 6.07) is 9.15. The van der Waals surface area contributed by atoms with Gasteiger partial charge in [-0.25, -0.2) is 4.79 Å². The summed E-state index contributed by atoms with van der Waals surface area (Å²) in [4.78, 5) is 36.7. The van der Waals surface area contributed by atoms with E-state index in [2.05, 4.69) is 6.92 Å². The Hall–Kier alpha value is -2.17. The van der Waals surface area contributed by atoms with Crippen molar-refractivity contribution in [2.24, 2.45) is 28.6 Å². The average molecular weight is 413 g/mol. The zero-order valence-electron chi connectivity index (χ0n) is 17.9. The third-order valence-electron chi connectivity index (χ3n) is 8.63. The molecule has 5 nitrogen and oxygen atoms in total. The zero-order chi connectivity index (χ0) is 21.5. The first-order chi connectivity index (χ1) is 14.3. The normalized spacial score (nSPS) is 37.9. The molecule has 0 saturated heterocycles. The van der Waals surface area contributed by atoms with Crippen LogP contribution >= 0.6 is 0 Å². The number of fused-ring (bicyclic) bond motifs is 3. The molecule has 3 aliphatic carbocycles. The maximum Gasteiger partial charge on any atom is 0.338 e. The molecule has 30 heavy (non-hydrogen) atoms. The number of Topliss-reactive ketones (excluding diaryl/α,β-unsaturated/α-hetero) is 1. The number of hydrogen-bond donors (Lipinski definition) is 1. The van der Waals surface area contributed by atoms with E-state index >= 15 is 0 Å². The summed E-state index contributed by atoms with van der Waals surface area (Å²) in [5, 5.41) is 9.18. The summed E-state index contributed by atoms with van der Waals surface area (Å²) in [5.41, 5.74) is -0.0241. The number of carbonyl (C=O) groups is 3. The number of hydrogen-bond acceptors (Lipinski definition) is 4. The molecule has 1 aromatic rings. The minimum atomic E-state index is -0.833. The highest BCUT2D eigenvalue weighted by atomic mass is 16.5. The van der Waals surface area contributed by atoms with Crippen LogP contribution in [0.25, 0.3) is 0 Å². The second-order valence-electron chi connectivity index (χ2n) is 10.0. The van der Waals surface area contributed by atoms with Gasteiger partial charge in [0, 0.05) is 23.7 Å². The summed E-state index contributed by atoms with van der Waals surface area (Å²) >= 11 is 0. The van der Waals surface area contributed by atoms with Crippen molar-refractivity contribution < 1.29 is 24.2 Å². The van der Waals surface area contributed by atoms with E-state index in [1.54, 1.807) is 12.1 Å². The molecule has 1 aromatic carbocycles. The molecule has 3 saturated carbocycles. The maximum absolute atomic E-state index is 12.9. The highest BCUT2D eigenvalue weighted by molar-refractivity contribution is 5.89. The number of carbonyl (C=O) groups excluding carboxylic acids is 2. The monoisotopic (exact) mass is 412 g/mol. The van der Waals surface area contributed by atoms with Crippen LogP contribution in [0.5, 0.6) is 0 Å². The van der Waals surface area contributed by atoms with Crippen molar-refractivity contribution in [3.63, 3.8) is 0 Å². The molecule has 0 bridgehead atoms. The molecule has 5 unspecified atom stereocenters. The zero-order valence-corrected chi connectivity index (χ0v) is 17.9. The number of aliphatic carboxylic acids is 1. The van der Waals surface area contributed by atoms with Gasteiger partial charge in [-0.15, -0.1) is 0 Å². The van der Waals surface area contributed by atoms with Gasteiger partial charge in [0.1, 0.15) is 11.9 Å². The molecule has 0 aliphatic heterocycles. The predicted molar refractivity (Wildman–Crippen MR) is 112 cm³/mol. The number of carboxylic acid groups (broad SMARTS) is 1. The fourth-order valence-corrected chi connectivity index (χ4v) is 6.88. The Morgan fingerprint density at radius 3 is 2.50 bits per heavy atom. The van der Waals surface area contributed by atoms with Crippen LogP contribution in [0.3, 0.4) is 0 Å². The van der Waals surface area contributed by atoms with Crippen LogP contribution in [0.15, 0.2) is 30.3 Å². The van der Waals surface area contributed by atoms with Crippen molar-refractivity contribution in [2.45, 2.75) is 71.3 Å². The fraction of sp³-hybridized carbons (Fsp3) is 0.640. The van der Waals surface area contributed by atoms with E-state index in [-0.39, 0.29) is 35.6 Å². The lowest BCUT2D eigenvalue weighted by molar-refractivity contribution is -0.149. The Bertz CT molecular complexity index is 833. The van der Waals surface area contributed by atoms with E-state index in [1.165, 1.54) is 0 Å². The summed E-state index contributed by atoms with van der Waals surface area (Å²) in [5.74, 6) is 0.205. The van der Waals surface area contributed by atoms with Gasteiger partial charge in [-0.2, -0.15) is 0 Å². The minimum absolute atomic E-state index is 0.0463. The Kier molecular flexibility index (Phi) is 5.50. The van der Waals surface area contributed by atoms with Gasteiger partial charge < -0.3 is 9.84 Å². The first-order valence-electron chi connectivity index (χ1n) is 11.3. The fourth-order valence-electron chi connectivity index (χ4n) is 6.88. The lowest BCUT2D eigenvalue weighted by atomic mass is 9.49. The summed E-state index contributed by atoms with van der Waals surface area (Å²) in [6.07, 6.45) is 5.49. The van der Waals surface area contributed by atoms with Gasteiger partial charge in [0.2, 0.25) is 0 Å². The maximum atomic E-state index is 12.9. The van der Waals surface area contributed by atoms with Crippen molar-refractivity contribution >= 4 is 17.7 Å². The molecule has 0 spiro atoms. The van der Waals surface area contributed by atoms with Gasteiger partial charge >= 0.3 is 11.9 Å². The van der Waals surface area contributed by atoms with Crippen LogP contribution in [-0.4, -0.2) is 28.9 Å². The average Bonchev–Trinajstić information content (AvgIpc) is 3.06. The van der Waals surface area contributed by atoms with Crippen LogP contribution in [-0.2, 0) is 14.3 Å². The molecule has 4 rings (SSSR count). The molecule has 5 heteroatoms. The summed E-state index contributed by atoms with van der Waals surface area (Å²) < 4.78 is 6.02. The third-order valence-corrected chi connectivity index (χ3v) is 8.63. The van der Waals surface area contributed by atoms with Gasteiger partial charge in [-0.1, -0.05) is 32.0 Å². The van der Waals surface area contributed by atoms with Crippen LogP contribution in [0.1, 0.15) is 75.6 Å². The molecule has 0 amide bonds. The predicted octanol–water partition coefficient (Wildman–Crippen LogP) is 4.89. The van der Waals surface area contributed by atoms with Gasteiger partial charge in [-0.3, -0.25) is 9.59 Å². The van der Waals surface area contributed by atoms with Gasteiger partial charge in [0.05, 0.1) is 5.56 Å². The first kappa shape index (κ1) is 21.1. The summed E-state index contributed by atoms with van der Waals surface area (Å²) in [6.45, 7) is 4.26. The van der Waals surface area contributed by atoms with Gasteiger partial charge in [0.25, 0.3) is 0 Å². The Labute approximate surface area is 178 Å². The number of ketones is 1. The standard InChI is InChI=1S/C25H32O5/c1-24(15-13-22(27)28)19-12-14-25(2)18(17(19)8-10-20(24)26)9-11-21(25)30-23(29)16-6-4-3-5-7-16/h3-7,17-19,21H,8-15H2,1-2H3,(H,27,28)/t17?,18?,19?,21?,24?,25-/m0/s1. The van der Waals surface area contributed by atoms with Crippen molar-refractivity contribution in [3.8, 4) is 0 Å². The first-order valence-corrected chi connectivity index (χ1v) is 11.3. The SMILES string of the molecule is CC1(CCC(=O)O)C(=O)CCC2C1CC[C@]1(C)C(OC(=O)c3ccccc3)CCC21. The number of benzene rings is 1. The molecule has 3 fully saturated rings. The topological polar surface area (TPSA) is 80.7 Å².